The van der Waals surface area contributed by atoms with E-state index in [1.165, 1.54) is 0 Å². The van der Waals surface area contributed by atoms with Crippen LogP contribution in [0.1, 0.15) is 0 Å². The molecule has 0 aromatic carbocycles. The third kappa shape index (κ3) is 5620. The van der Waals surface area contributed by atoms with Crippen LogP contribution in [-0.4, -0.2) is 32.9 Å². The van der Waals surface area contributed by atoms with Gasteiger partial charge in [0, 0.05) is 0 Å². The summed E-state index contributed by atoms with van der Waals surface area (Å²) in [5, 5.41) is 0. The summed E-state index contributed by atoms with van der Waals surface area (Å²) in [5.74, 6) is 0. The van der Waals surface area contributed by atoms with E-state index < -0.39 is 15.2 Å². The first kappa shape index (κ1) is 108. The third-order valence-electron chi connectivity index (χ3n) is 0. The molecule has 9 nitrogen and oxygen atoms in total. The van der Waals surface area contributed by atoms with Gasteiger partial charge in [-0.2, -0.15) is 0 Å². The van der Waals surface area contributed by atoms with Gasteiger partial charge in [-0.1, -0.05) is 0 Å². The van der Waals surface area contributed by atoms with Crippen molar-refractivity contribution in [2.24, 2.45) is 0 Å². The first-order valence-corrected chi connectivity index (χ1v) is 1.79. The summed E-state index contributed by atoms with van der Waals surface area (Å²) in [7, 11) is 0. The van der Waals surface area contributed by atoms with E-state index in [0.717, 1.165) is 0 Å². The zero-order chi connectivity index (χ0) is 4.71. The topological polar surface area (TPSA) is 246 Å². The molecule has 0 aliphatic heterocycles. The van der Waals surface area contributed by atoms with Crippen LogP contribution in [0.3, 0.4) is 0 Å². The van der Waals surface area contributed by atoms with E-state index in [4.69, 9.17) is 11.9 Å². The Balaban J connectivity index is -0.00000000181. The molecule has 0 fully saturated rings. The Morgan fingerprint density at radius 3 is 0.818 bits per heavy atom. The minimum absolute atomic E-state index is 0. The Bertz CT molecular complexity index is 21.5. The van der Waals surface area contributed by atoms with Gasteiger partial charge in [0.2, 0.25) is 0 Å². The molecule has 0 saturated heterocycles. The van der Waals surface area contributed by atoms with Crippen LogP contribution in [0.2, 0.25) is 0 Å². The Morgan fingerprint density at radius 2 is 0.818 bits per heavy atom. The van der Waals surface area contributed by atoms with Crippen LogP contribution in [0, 0.1) is 0 Å². The Morgan fingerprint density at radius 1 is 0.818 bits per heavy atom. The second kappa shape index (κ2) is 491. The summed E-state index contributed by atoms with van der Waals surface area (Å²) >= 11 is 0.750. The normalized spacial score (nSPS) is 1.91. The van der Waals surface area contributed by atoms with E-state index >= 15 is 0 Å². The molecule has 0 aliphatic carbocycles. The SMILES string of the molecule is O.O.O.O.O.O.[O]=[Fe+].[O]=[Fe][O-]. The van der Waals surface area contributed by atoms with Crippen LogP contribution >= 0.6 is 0 Å². The van der Waals surface area contributed by atoms with Crippen LogP contribution < -0.4 is 4.19 Å². The average Bonchev–Trinajstić information content (AvgIpc) is 1.46. The number of rotatable bonds is 0. The zero-order valence-electron chi connectivity index (χ0n) is 4.93. The van der Waals surface area contributed by atoms with Crippen molar-refractivity contribution in [1.29, 1.82) is 0 Å². The molecule has 11 heteroatoms. The monoisotopic (exact) mass is 268 g/mol. The standard InChI is InChI=1S/2Fe.6H2O.3O/h;;6*1H2;;;/q;+1;;;;;;;;;-1. The van der Waals surface area contributed by atoms with E-state index in [1.807, 2.05) is 15.9 Å². The summed E-state index contributed by atoms with van der Waals surface area (Å²) in [4.78, 5) is 0. The maximum atomic E-state index is 8.38. The predicted molar refractivity (Wildman–Crippen MR) is 23.1 cm³/mol. The quantitative estimate of drug-likeness (QED) is 0.388. The van der Waals surface area contributed by atoms with E-state index in [2.05, 4.69) is 0 Å². The van der Waals surface area contributed by atoms with E-state index in [1.54, 1.807) is 0 Å². The third-order valence-corrected chi connectivity index (χ3v) is 0. The van der Waals surface area contributed by atoms with Gasteiger partial charge in [-0.15, -0.1) is 0 Å². The van der Waals surface area contributed by atoms with Crippen LogP contribution in [0.15, 0.2) is 0 Å². The van der Waals surface area contributed by atoms with Crippen molar-refractivity contribution in [3.05, 3.63) is 0 Å². The van der Waals surface area contributed by atoms with E-state index in [-0.39, 0.29) is 32.9 Å². The summed E-state index contributed by atoms with van der Waals surface area (Å²) in [6.45, 7) is 0. The van der Waals surface area contributed by atoms with Crippen LogP contribution in [0.25, 0.3) is 0 Å². The number of hydrogen-bond acceptors (Lipinski definition) is 3. The number of hydrogen-bond donors (Lipinski definition) is 0. The molecule has 0 aromatic rings. The summed E-state index contributed by atoms with van der Waals surface area (Å²) < 4.78 is 24.8. The van der Waals surface area contributed by atoms with Crippen molar-refractivity contribution in [2.45, 2.75) is 0 Å². The van der Waals surface area contributed by atoms with Crippen LogP contribution in [-0.2, 0) is 38.8 Å². The molecule has 12 N–H and O–H groups in total. The van der Waals surface area contributed by atoms with Gasteiger partial charge in [0.1, 0.15) is 0 Å². The summed E-state index contributed by atoms with van der Waals surface area (Å²) in [5.41, 5.74) is 0. The van der Waals surface area contributed by atoms with Crippen LogP contribution in [0.4, 0.5) is 0 Å². The van der Waals surface area contributed by atoms with Gasteiger partial charge in [0.15, 0.2) is 0 Å². The van der Waals surface area contributed by atoms with E-state index in [9.17, 15) is 0 Å². The van der Waals surface area contributed by atoms with Crippen LogP contribution in [0.5, 0.6) is 0 Å². The molecule has 0 spiro atoms. The molecule has 0 amide bonds. The summed E-state index contributed by atoms with van der Waals surface area (Å²) in [6.07, 6.45) is 0. The molecule has 82 valence electrons. The predicted octanol–water partition coefficient (Wildman–Crippen LogP) is -6.38. The van der Waals surface area contributed by atoms with Crippen molar-refractivity contribution in [2.75, 3.05) is 0 Å². The molecular weight excluding hydrogens is 256 g/mol. The zero-order valence-corrected chi connectivity index (χ0v) is 7.14. The molecule has 0 unspecified atom stereocenters. The van der Waals surface area contributed by atoms with Crippen molar-refractivity contribution in [3.63, 3.8) is 0 Å². The fourth-order valence-corrected chi connectivity index (χ4v) is 0. The van der Waals surface area contributed by atoms with Crippen molar-refractivity contribution < 1.29 is 75.9 Å². The van der Waals surface area contributed by atoms with Crippen molar-refractivity contribution in [1.82, 2.24) is 0 Å². The molecule has 0 bridgehead atoms. The summed E-state index contributed by atoms with van der Waals surface area (Å²) in [6, 6.07) is 0. The molecule has 0 saturated carbocycles. The van der Waals surface area contributed by atoms with Crippen molar-refractivity contribution >= 4 is 0 Å². The minimum atomic E-state index is -1.25. The Kier molecular flexibility index (Phi) is 4830. The van der Waals surface area contributed by atoms with Crippen molar-refractivity contribution in [3.8, 4) is 0 Å². The first-order chi connectivity index (χ1) is 2.41. The second-order valence-corrected chi connectivity index (χ2v) is 0.243. The molecule has 0 aromatic heterocycles. The molecule has 11 heavy (non-hydrogen) atoms. The molecule has 0 radical (unpaired) electrons. The van der Waals surface area contributed by atoms with Gasteiger partial charge in [-0.25, -0.2) is 0 Å². The molecule has 0 atom stereocenters. The molecule has 0 heterocycles. The van der Waals surface area contributed by atoms with Gasteiger partial charge in [0.25, 0.3) is 0 Å². The second-order valence-electron chi connectivity index (χ2n) is 0.0589. The molecular formula is H12Fe2O9. The van der Waals surface area contributed by atoms with Gasteiger partial charge in [-0.3, -0.25) is 0 Å². The van der Waals surface area contributed by atoms with Gasteiger partial charge >= 0.3 is 43.0 Å². The maximum absolute atomic E-state index is 8.38. The first-order valence-electron chi connectivity index (χ1n) is 0.433. The van der Waals surface area contributed by atoms with Gasteiger partial charge < -0.3 is 32.9 Å². The van der Waals surface area contributed by atoms with Gasteiger partial charge in [-0.05, 0) is 0 Å². The van der Waals surface area contributed by atoms with Gasteiger partial charge in [0.05, 0.1) is 0 Å². The fraction of sp³-hybridized carbons (Fsp3) is 0. The van der Waals surface area contributed by atoms with E-state index in [0.29, 0.717) is 0 Å². The average molecular weight is 268 g/mol. The fourth-order valence-electron chi connectivity index (χ4n) is 0. The Labute approximate surface area is 76.3 Å². The molecule has 0 rings (SSSR count). The molecule has 0 aliphatic rings. The Hall–Kier alpha value is 0.359.